The molecule has 0 aliphatic carbocycles. The monoisotopic (exact) mass is 384 g/mol. The van der Waals surface area contributed by atoms with Crippen molar-refractivity contribution in [1.29, 1.82) is 0 Å². The van der Waals surface area contributed by atoms with Crippen LogP contribution in [-0.2, 0) is 0 Å². The van der Waals surface area contributed by atoms with Crippen LogP contribution in [0.1, 0.15) is 15.9 Å². The fraction of sp³-hybridized carbons (Fsp3) is 0. The highest BCUT2D eigenvalue weighted by Gasteiger charge is 2.12. The van der Waals surface area contributed by atoms with Gasteiger partial charge < -0.3 is 0 Å². The Labute approximate surface area is 167 Å². The summed E-state index contributed by atoms with van der Waals surface area (Å²) in [6, 6.07) is 25.1. The summed E-state index contributed by atoms with van der Waals surface area (Å²) >= 11 is 0. The molecule has 0 unspecified atom stereocenters. The molecule has 0 aliphatic rings. The van der Waals surface area contributed by atoms with Crippen molar-refractivity contribution in [3.05, 3.63) is 108 Å². The van der Waals surface area contributed by atoms with Gasteiger partial charge in [0.25, 0.3) is 5.91 Å². The topological polar surface area (TPSA) is 59.3 Å². The van der Waals surface area contributed by atoms with E-state index in [-0.39, 0.29) is 5.56 Å². The van der Waals surface area contributed by atoms with Crippen LogP contribution in [0.5, 0.6) is 0 Å². The van der Waals surface area contributed by atoms with Crippen molar-refractivity contribution in [3.8, 4) is 16.9 Å². The summed E-state index contributed by atoms with van der Waals surface area (Å²) in [6.07, 6.45) is 3.34. The van der Waals surface area contributed by atoms with Gasteiger partial charge >= 0.3 is 0 Å². The molecule has 1 N–H and O–H groups in total. The smallest absolute Gasteiger partial charge is 0.267 e. The maximum Gasteiger partial charge on any atom is 0.274 e. The lowest BCUT2D eigenvalue weighted by atomic mass is 10.1. The minimum atomic E-state index is -0.615. The summed E-state index contributed by atoms with van der Waals surface area (Å²) in [6.45, 7) is 0. The molecule has 0 saturated carbocycles. The molecule has 0 radical (unpaired) electrons. The van der Waals surface area contributed by atoms with Crippen molar-refractivity contribution in [2.75, 3.05) is 0 Å². The van der Waals surface area contributed by atoms with E-state index in [1.54, 1.807) is 10.7 Å². The molecule has 3 aromatic carbocycles. The normalized spacial score (nSPS) is 10.9. The summed E-state index contributed by atoms with van der Waals surface area (Å²) in [5, 5.41) is 8.68. The Hall–Kier alpha value is -4.06. The molecular formula is C23H17FN4O. The molecule has 4 rings (SSSR count). The number of hydrazone groups is 1. The highest BCUT2D eigenvalue weighted by molar-refractivity contribution is 5.95. The zero-order valence-corrected chi connectivity index (χ0v) is 15.4. The van der Waals surface area contributed by atoms with E-state index in [9.17, 15) is 9.18 Å². The Balaban J connectivity index is 1.63. The first-order valence-corrected chi connectivity index (χ1v) is 9.01. The van der Waals surface area contributed by atoms with Gasteiger partial charge in [0.1, 0.15) is 11.5 Å². The van der Waals surface area contributed by atoms with E-state index in [2.05, 4.69) is 15.6 Å². The predicted molar refractivity (Wildman–Crippen MR) is 110 cm³/mol. The van der Waals surface area contributed by atoms with Gasteiger partial charge in [-0.3, -0.25) is 4.79 Å². The highest BCUT2D eigenvalue weighted by atomic mass is 19.1. The number of carbonyl (C=O) groups excluding carboxylic acids is 1. The van der Waals surface area contributed by atoms with E-state index in [1.807, 2.05) is 66.9 Å². The molecular weight excluding hydrogens is 367 g/mol. The summed E-state index contributed by atoms with van der Waals surface area (Å²) < 4.78 is 15.5. The zero-order valence-electron chi connectivity index (χ0n) is 15.4. The molecule has 1 aromatic heterocycles. The van der Waals surface area contributed by atoms with Gasteiger partial charge in [-0.05, 0) is 24.3 Å². The van der Waals surface area contributed by atoms with Crippen LogP contribution in [0, 0.1) is 5.82 Å². The second kappa shape index (κ2) is 8.31. The second-order valence-corrected chi connectivity index (χ2v) is 6.26. The Morgan fingerprint density at radius 3 is 2.31 bits per heavy atom. The van der Waals surface area contributed by atoms with Crippen LogP contribution in [-0.4, -0.2) is 21.9 Å². The molecule has 5 nitrogen and oxygen atoms in total. The molecule has 1 amide bonds. The van der Waals surface area contributed by atoms with Crippen LogP contribution in [0.15, 0.2) is 96.2 Å². The third kappa shape index (κ3) is 4.11. The summed E-state index contributed by atoms with van der Waals surface area (Å²) in [4.78, 5) is 12.2. The molecule has 0 aliphatic heterocycles. The van der Waals surface area contributed by atoms with Crippen LogP contribution in [0.2, 0.25) is 0 Å². The standard InChI is InChI=1S/C23H17FN4O/c24-21-14-8-7-13-20(21)23(29)26-25-15-18-16-28(19-11-5-2-6-12-19)27-22(18)17-9-3-1-4-10-17/h1-16H,(H,26,29)/b25-15-. The Morgan fingerprint density at radius 2 is 1.59 bits per heavy atom. The van der Waals surface area contributed by atoms with Gasteiger partial charge in [-0.25, -0.2) is 14.5 Å². The summed E-state index contributed by atoms with van der Waals surface area (Å²) in [5.41, 5.74) is 5.57. The summed E-state index contributed by atoms with van der Waals surface area (Å²) in [7, 11) is 0. The third-order valence-electron chi connectivity index (χ3n) is 4.30. The van der Waals surface area contributed by atoms with Crippen molar-refractivity contribution >= 4 is 12.1 Å². The van der Waals surface area contributed by atoms with Crippen molar-refractivity contribution in [1.82, 2.24) is 15.2 Å². The number of amides is 1. The predicted octanol–water partition coefficient (Wildman–Crippen LogP) is 4.44. The number of para-hydroxylation sites is 1. The highest BCUT2D eigenvalue weighted by Crippen LogP contribution is 2.22. The number of hydrogen-bond acceptors (Lipinski definition) is 3. The average molecular weight is 384 g/mol. The Kier molecular flexibility index (Phi) is 5.25. The largest absolute Gasteiger partial charge is 0.274 e. The summed E-state index contributed by atoms with van der Waals surface area (Å²) in [5.74, 6) is -1.21. The molecule has 6 heteroatoms. The minimum absolute atomic E-state index is 0.0621. The molecule has 142 valence electrons. The van der Waals surface area contributed by atoms with Crippen molar-refractivity contribution in [3.63, 3.8) is 0 Å². The SMILES string of the molecule is O=C(N/N=C\c1cn(-c2ccccc2)nc1-c1ccccc1)c1ccccc1F. The van der Waals surface area contributed by atoms with E-state index in [0.29, 0.717) is 5.56 Å². The first-order valence-electron chi connectivity index (χ1n) is 9.01. The van der Waals surface area contributed by atoms with Crippen LogP contribution < -0.4 is 5.43 Å². The van der Waals surface area contributed by atoms with Crippen LogP contribution in [0.3, 0.4) is 0 Å². The van der Waals surface area contributed by atoms with E-state index >= 15 is 0 Å². The van der Waals surface area contributed by atoms with E-state index in [0.717, 1.165) is 16.9 Å². The Morgan fingerprint density at radius 1 is 0.931 bits per heavy atom. The first-order chi connectivity index (χ1) is 14.2. The number of carbonyl (C=O) groups is 1. The zero-order chi connectivity index (χ0) is 20.1. The number of nitrogens with one attached hydrogen (secondary N) is 1. The third-order valence-corrected chi connectivity index (χ3v) is 4.30. The van der Waals surface area contributed by atoms with Gasteiger partial charge in [0, 0.05) is 17.3 Å². The molecule has 0 saturated heterocycles. The van der Waals surface area contributed by atoms with Crippen molar-refractivity contribution in [2.24, 2.45) is 5.10 Å². The fourth-order valence-corrected chi connectivity index (χ4v) is 2.88. The van der Waals surface area contributed by atoms with E-state index < -0.39 is 11.7 Å². The van der Waals surface area contributed by atoms with Crippen molar-refractivity contribution < 1.29 is 9.18 Å². The molecule has 4 aromatic rings. The van der Waals surface area contributed by atoms with Crippen molar-refractivity contribution in [2.45, 2.75) is 0 Å². The maximum atomic E-state index is 13.7. The lowest BCUT2D eigenvalue weighted by Gasteiger charge is -2.01. The quantitative estimate of drug-likeness (QED) is 0.408. The number of benzene rings is 3. The first kappa shape index (κ1) is 18.3. The minimum Gasteiger partial charge on any atom is -0.267 e. The molecule has 0 bridgehead atoms. The molecule has 0 spiro atoms. The second-order valence-electron chi connectivity index (χ2n) is 6.26. The van der Waals surface area contributed by atoms with E-state index in [1.165, 1.54) is 24.4 Å². The van der Waals surface area contributed by atoms with Crippen LogP contribution in [0.25, 0.3) is 16.9 Å². The average Bonchev–Trinajstić information content (AvgIpc) is 3.19. The van der Waals surface area contributed by atoms with Gasteiger partial charge in [0.05, 0.1) is 17.5 Å². The number of hydrogen-bond donors (Lipinski definition) is 1. The van der Waals surface area contributed by atoms with Crippen LogP contribution >= 0.6 is 0 Å². The maximum absolute atomic E-state index is 13.7. The number of nitrogens with zero attached hydrogens (tertiary/aromatic N) is 3. The van der Waals surface area contributed by atoms with Gasteiger partial charge in [-0.1, -0.05) is 60.7 Å². The number of aromatic nitrogens is 2. The van der Waals surface area contributed by atoms with Gasteiger partial charge in [0.2, 0.25) is 0 Å². The Bertz CT molecular complexity index is 1150. The van der Waals surface area contributed by atoms with Crippen LogP contribution in [0.4, 0.5) is 4.39 Å². The fourth-order valence-electron chi connectivity index (χ4n) is 2.88. The molecule has 29 heavy (non-hydrogen) atoms. The molecule has 0 fully saturated rings. The lowest BCUT2D eigenvalue weighted by Crippen LogP contribution is -2.18. The molecule has 0 atom stereocenters. The van der Waals surface area contributed by atoms with E-state index in [4.69, 9.17) is 0 Å². The van der Waals surface area contributed by atoms with Gasteiger partial charge in [-0.15, -0.1) is 0 Å². The number of rotatable bonds is 5. The van der Waals surface area contributed by atoms with Gasteiger partial charge in [-0.2, -0.15) is 10.2 Å². The van der Waals surface area contributed by atoms with Gasteiger partial charge in [0.15, 0.2) is 0 Å². The number of halogens is 1. The lowest BCUT2D eigenvalue weighted by molar-refractivity contribution is 0.0951. The molecule has 1 heterocycles.